The molecule has 168 valence electrons. The minimum Gasteiger partial charge on any atom is -0.354 e. The number of hydrogen-bond donors (Lipinski definition) is 2. The Hall–Kier alpha value is -4.26. The van der Waals surface area contributed by atoms with Gasteiger partial charge in [-0.2, -0.15) is 0 Å². The Morgan fingerprint density at radius 3 is 1.39 bits per heavy atom. The number of H-pyrrole nitrogens is 2. The third-order valence-corrected chi connectivity index (χ3v) is 9.50. The number of benzene rings is 5. The van der Waals surface area contributed by atoms with Crippen LogP contribution in [0.3, 0.4) is 0 Å². The van der Waals surface area contributed by atoms with Crippen molar-refractivity contribution in [2.75, 3.05) is 0 Å². The van der Waals surface area contributed by atoms with Crippen LogP contribution in [0.2, 0.25) is 0 Å². The standard InChI is InChI=1S/C30H14N2O2S2/c33-27-15-9-11-35-29(15)19-13-5-1-3-7-17(13)31-25-21(19)23(27)26-22-20(14-6-2-4-8-18(14)32-26)30-16(10-12-36-30)28(34)24(22)25/h1-12,31-32H. The molecular weight excluding hydrogens is 484 g/mol. The summed E-state index contributed by atoms with van der Waals surface area (Å²) in [7, 11) is 0. The van der Waals surface area contributed by atoms with Gasteiger partial charge in [0, 0.05) is 63.5 Å². The molecule has 0 aliphatic carbocycles. The van der Waals surface area contributed by atoms with Gasteiger partial charge in [-0.15, -0.1) is 22.7 Å². The summed E-state index contributed by atoms with van der Waals surface area (Å²) >= 11 is 3.16. The van der Waals surface area contributed by atoms with Crippen LogP contribution in [0.5, 0.6) is 0 Å². The number of aromatic nitrogens is 2. The van der Waals surface area contributed by atoms with Gasteiger partial charge in [0.05, 0.1) is 21.8 Å². The number of nitrogens with one attached hydrogen (secondary N) is 2. The fourth-order valence-electron chi connectivity index (χ4n) is 6.22. The Bertz CT molecular complexity index is 2350. The predicted octanol–water partition coefficient (Wildman–Crippen LogP) is 7.85. The molecular formula is C30H14N2O2S2. The van der Waals surface area contributed by atoms with Crippen LogP contribution in [0.4, 0.5) is 0 Å². The zero-order chi connectivity index (χ0) is 23.7. The number of para-hydroxylation sites is 2. The molecule has 4 nitrogen and oxygen atoms in total. The molecule has 4 aromatic heterocycles. The van der Waals surface area contributed by atoms with Gasteiger partial charge >= 0.3 is 0 Å². The Balaban J connectivity index is 1.82. The molecule has 0 amide bonds. The largest absolute Gasteiger partial charge is 0.354 e. The van der Waals surface area contributed by atoms with Crippen LogP contribution in [0.1, 0.15) is 0 Å². The zero-order valence-electron chi connectivity index (χ0n) is 18.6. The summed E-state index contributed by atoms with van der Waals surface area (Å²) in [5, 5.41) is 12.5. The van der Waals surface area contributed by atoms with Crippen LogP contribution >= 0.6 is 22.7 Å². The zero-order valence-corrected chi connectivity index (χ0v) is 20.2. The topological polar surface area (TPSA) is 65.7 Å². The summed E-state index contributed by atoms with van der Waals surface area (Å²) in [6, 6.07) is 20.2. The minimum absolute atomic E-state index is 0.000822. The summed E-state index contributed by atoms with van der Waals surface area (Å²) in [6.45, 7) is 0. The van der Waals surface area contributed by atoms with Crippen molar-refractivity contribution in [3.63, 3.8) is 0 Å². The van der Waals surface area contributed by atoms with Gasteiger partial charge in [-0.05, 0) is 35.0 Å². The molecule has 5 aromatic carbocycles. The molecule has 0 atom stereocenters. The molecule has 9 rings (SSSR count). The molecule has 0 aliphatic heterocycles. The highest BCUT2D eigenvalue weighted by Crippen LogP contribution is 2.45. The van der Waals surface area contributed by atoms with Crippen LogP contribution in [0.25, 0.3) is 85.3 Å². The normalized spacial score (nSPS) is 12.7. The number of pyridine rings is 2. The average molecular weight is 499 g/mol. The van der Waals surface area contributed by atoms with Crippen LogP contribution in [0.15, 0.2) is 81.0 Å². The van der Waals surface area contributed by atoms with Gasteiger partial charge in [-0.25, -0.2) is 0 Å². The van der Waals surface area contributed by atoms with Crippen LogP contribution < -0.4 is 10.9 Å². The molecule has 0 spiro atoms. The lowest BCUT2D eigenvalue weighted by molar-refractivity contribution is 1.50. The third-order valence-electron chi connectivity index (χ3n) is 7.64. The molecule has 9 aromatic rings. The van der Waals surface area contributed by atoms with E-state index in [1.165, 1.54) is 0 Å². The quantitative estimate of drug-likeness (QED) is 0.165. The van der Waals surface area contributed by atoms with Crippen molar-refractivity contribution in [3.8, 4) is 0 Å². The Morgan fingerprint density at radius 2 is 0.917 bits per heavy atom. The lowest BCUT2D eigenvalue weighted by Crippen LogP contribution is -2.10. The number of hydrogen-bond acceptors (Lipinski definition) is 4. The third kappa shape index (κ3) is 2.04. The summed E-state index contributed by atoms with van der Waals surface area (Å²) in [6.07, 6.45) is 0. The van der Waals surface area contributed by atoms with E-state index < -0.39 is 0 Å². The van der Waals surface area contributed by atoms with Crippen molar-refractivity contribution in [3.05, 3.63) is 91.9 Å². The molecule has 0 unspecified atom stereocenters. The summed E-state index contributed by atoms with van der Waals surface area (Å²) in [5.41, 5.74) is 3.38. The first-order valence-corrected chi connectivity index (χ1v) is 13.4. The Morgan fingerprint density at radius 1 is 0.472 bits per heavy atom. The number of aromatic amines is 2. The molecule has 0 saturated heterocycles. The lowest BCUT2D eigenvalue weighted by Gasteiger charge is -2.18. The maximum absolute atomic E-state index is 14.1. The predicted molar refractivity (Wildman–Crippen MR) is 155 cm³/mol. The maximum Gasteiger partial charge on any atom is 0.197 e. The molecule has 4 heterocycles. The molecule has 0 radical (unpaired) electrons. The van der Waals surface area contributed by atoms with Gasteiger partial charge in [-0.3, -0.25) is 9.59 Å². The lowest BCUT2D eigenvalue weighted by atomic mass is 9.90. The van der Waals surface area contributed by atoms with Crippen LogP contribution in [-0.2, 0) is 0 Å². The first-order chi connectivity index (χ1) is 17.7. The molecule has 6 heteroatoms. The fourth-order valence-corrected chi connectivity index (χ4v) is 8.13. The van der Waals surface area contributed by atoms with Crippen molar-refractivity contribution in [2.24, 2.45) is 0 Å². The summed E-state index contributed by atoms with van der Waals surface area (Å²) in [5.74, 6) is 0. The van der Waals surface area contributed by atoms with Gasteiger partial charge in [0.2, 0.25) is 0 Å². The van der Waals surface area contributed by atoms with E-state index in [1.807, 2.05) is 59.3 Å². The monoisotopic (exact) mass is 498 g/mol. The smallest absolute Gasteiger partial charge is 0.197 e. The highest BCUT2D eigenvalue weighted by molar-refractivity contribution is 7.18. The fraction of sp³-hybridized carbons (Fsp3) is 0. The van der Waals surface area contributed by atoms with E-state index in [-0.39, 0.29) is 10.9 Å². The minimum atomic E-state index is 0.000822. The van der Waals surface area contributed by atoms with Crippen molar-refractivity contribution in [1.82, 2.24) is 9.97 Å². The average Bonchev–Trinajstić information content (AvgIpc) is 3.59. The van der Waals surface area contributed by atoms with Gasteiger partial charge in [0.1, 0.15) is 0 Å². The molecule has 0 aliphatic rings. The van der Waals surface area contributed by atoms with Gasteiger partial charge in [0.25, 0.3) is 0 Å². The van der Waals surface area contributed by atoms with Crippen LogP contribution in [-0.4, -0.2) is 9.97 Å². The molecule has 2 N–H and O–H groups in total. The second-order valence-corrected chi connectivity index (χ2v) is 11.2. The van der Waals surface area contributed by atoms with E-state index in [0.717, 1.165) is 74.6 Å². The van der Waals surface area contributed by atoms with E-state index in [1.54, 1.807) is 22.7 Å². The van der Waals surface area contributed by atoms with Gasteiger partial charge in [0.15, 0.2) is 10.9 Å². The van der Waals surface area contributed by atoms with Crippen molar-refractivity contribution in [1.29, 1.82) is 0 Å². The maximum atomic E-state index is 14.1. The number of fused-ring (bicyclic) bond motifs is 10. The van der Waals surface area contributed by atoms with Gasteiger partial charge < -0.3 is 9.97 Å². The summed E-state index contributed by atoms with van der Waals surface area (Å²) in [4.78, 5) is 35.5. The van der Waals surface area contributed by atoms with E-state index in [2.05, 4.69) is 22.1 Å². The van der Waals surface area contributed by atoms with Crippen molar-refractivity contribution >= 4 is 108 Å². The Labute approximate surface area is 209 Å². The first kappa shape index (κ1) is 19.0. The number of rotatable bonds is 0. The molecule has 0 bridgehead atoms. The number of thiophene rings is 2. The molecule has 0 saturated carbocycles. The van der Waals surface area contributed by atoms with E-state index >= 15 is 0 Å². The molecule has 0 fully saturated rings. The Kier molecular flexibility index (Phi) is 3.32. The summed E-state index contributed by atoms with van der Waals surface area (Å²) < 4.78 is 1.93. The second-order valence-electron chi connectivity index (χ2n) is 9.33. The molecule has 36 heavy (non-hydrogen) atoms. The van der Waals surface area contributed by atoms with Crippen molar-refractivity contribution in [2.45, 2.75) is 0 Å². The highest BCUT2D eigenvalue weighted by Gasteiger charge is 2.25. The SMILES string of the molecule is O=c1c2ccsc2c2c3ccccc3[nH]c3c4c(=O)c5ccsc5c5c6ccccc6[nH]c(c1c32)c45. The second kappa shape index (κ2) is 6.29. The highest BCUT2D eigenvalue weighted by atomic mass is 32.1. The van der Waals surface area contributed by atoms with Crippen LogP contribution in [0, 0.1) is 0 Å². The van der Waals surface area contributed by atoms with E-state index in [4.69, 9.17) is 0 Å². The first-order valence-electron chi connectivity index (χ1n) is 11.7. The van der Waals surface area contributed by atoms with Crippen molar-refractivity contribution < 1.29 is 0 Å². The van der Waals surface area contributed by atoms with E-state index in [9.17, 15) is 9.59 Å². The van der Waals surface area contributed by atoms with E-state index in [0.29, 0.717) is 10.8 Å². The van der Waals surface area contributed by atoms with Gasteiger partial charge in [-0.1, -0.05) is 36.4 Å².